The lowest BCUT2D eigenvalue weighted by Gasteiger charge is -2.20. The van der Waals surface area contributed by atoms with Crippen molar-refractivity contribution in [2.24, 2.45) is 0 Å². The Bertz CT molecular complexity index is 910. The van der Waals surface area contributed by atoms with E-state index >= 15 is 0 Å². The maximum absolute atomic E-state index is 12.4. The molecule has 0 saturated carbocycles. The SMILES string of the molecule is C[C@@H](NC(=O)Nc1cccc(-n2ccnn2)c1)[C@@H]1COc2ccccc21. The minimum Gasteiger partial charge on any atom is -0.493 e. The van der Waals surface area contributed by atoms with E-state index in [0.717, 1.165) is 17.0 Å². The number of benzene rings is 2. The lowest BCUT2D eigenvalue weighted by atomic mass is 9.94. The van der Waals surface area contributed by atoms with E-state index in [2.05, 4.69) is 20.9 Å². The summed E-state index contributed by atoms with van der Waals surface area (Å²) in [6, 6.07) is 15.1. The van der Waals surface area contributed by atoms with Crippen LogP contribution < -0.4 is 15.4 Å². The monoisotopic (exact) mass is 349 g/mol. The third kappa shape index (κ3) is 3.23. The van der Waals surface area contributed by atoms with Crippen molar-refractivity contribution in [3.63, 3.8) is 0 Å². The fourth-order valence-electron chi connectivity index (χ4n) is 3.15. The number of ether oxygens (including phenoxy) is 1. The first kappa shape index (κ1) is 16.1. The number of aromatic nitrogens is 3. The Hall–Kier alpha value is -3.35. The van der Waals surface area contributed by atoms with Gasteiger partial charge in [-0.05, 0) is 31.2 Å². The van der Waals surface area contributed by atoms with Gasteiger partial charge in [0.15, 0.2) is 0 Å². The van der Waals surface area contributed by atoms with Gasteiger partial charge in [0, 0.05) is 23.2 Å². The number of fused-ring (bicyclic) bond motifs is 1. The van der Waals surface area contributed by atoms with Crippen molar-refractivity contribution in [3.05, 3.63) is 66.5 Å². The number of para-hydroxylation sites is 1. The van der Waals surface area contributed by atoms with Gasteiger partial charge in [-0.2, -0.15) is 0 Å². The standard InChI is InChI=1S/C19H19N5O2/c1-13(17-12-26-18-8-3-2-7-16(17)18)21-19(25)22-14-5-4-6-15(11-14)24-10-9-20-23-24/h2-11,13,17H,12H2,1H3,(H2,21,22,25)/t13-,17+/m1/s1. The van der Waals surface area contributed by atoms with Crippen LogP contribution in [-0.2, 0) is 0 Å². The fraction of sp³-hybridized carbons (Fsp3) is 0.211. The van der Waals surface area contributed by atoms with Crippen molar-refractivity contribution in [1.82, 2.24) is 20.3 Å². The van der Waals surface area contributed by atoms with Gasteiger partial charge in [0.1, 0.15) is 5.75 Å². The van der Waals surface area contributed by atoms with Crippen molar-refractivity contribution in [2.75, 3.05) is 11.9 Å². The molecule has 132 valence electrons. The highest BCUT2D eigenvalue weighted by Gasteiger charge is 2.29. The molecule has 2 heterocycles. The molecule has 2 aromatic carbocycles. The average molecular weight is 349 g/mol. The third-order valence-corrected chi connectivity index (χ3v) is 4.49. The van der Waals surface area contributed by atoms with E-state index in [1.165, 1.54) is 0 Å². The summed E-state index contributed by atoms with van der Waals surface area (Å²) in [6.45, 7) is 2.56. The number of rotatable bonds is 4. The Morgan fingerprint density at radius 1 is 1.27 bits per heavy atom. The largest absolute Gasteiger partial charge is 0.493 e. The number of hydrogen-bond donors (Lipinski definition) is 2. The van der Waals surface area contributed by atoms with Crippen molar-refractivity contribution in [1.29, 1.82) is 0 Å². The van der Waals surface area contributed by atoms with Gasteiger partial charge in [-0.1, -0.05) is 29.5 Å². The van der Waals surface area contributed by atoms with Gasteiger partial charge in [0.2, 0.25) is 0 Å². The average Bonchev–Trinajstić information content (AvgIpc) is 3.32. The Kier molecular flexibility index (Phi) is 4.27. The van der Waals surface area contributed by atoms with Crippen LogP contribution in [0, 0.1) is 0 Å². The van der Waals surface area contributed by atoms with Crippen LogP contribution in [0.4, 0.5) is 10.5 Å². The molecule has 1 aliphatic rings. The second-order valence-corrected chi connectivity index (χ2v) is 6.24. The van der Waals surface area contributed by atoms with E-state index in [0.29, 0.717) is 12.3 Å². The molecule has 0 radical (unpaired) electrons. The van der Waals surface area contributed by atoms with Crippen LogP contribution in [0.1, 0.15) is 18.4 Å². The van der Waals surface area contributed by atoms with Crippen LogP contribution in [0.5, 0.6) is 5.75 Å². The molecule has 0 saturated heterocycles. The molecule has 0 fully saturated rings. The highest BCUT2D eigenvalue weighted by Crippen LogP contribution is 2.35. The first-order valence-electron chi connectivity index (χ1n) is 8.47. The second-order valence-electron chi connectivity index (χ2n) is 6.24. The van der Waals surface area contributed by atoms with Crippen LogP contribution in [0.2, 0.25) is 0 Å². The van der Waals surface area contributed by atoms with Crippen molar-refractivity contribution >= 4 is 11.7 Å². The predicted octanol–water partition coefficient (Wildman–Crippen LogP) is 2.95. The minimum atomic E-state index is -0.252. The summed E-state index contributed by atoms with van der Waals surface area (Å²) >= 11 is 0. The lowest BCUT2D eigenvalue weighted by molar-refractivity contribution is 0.244. The lowest BCUT2D eigenvalue weighted by Crippen LogP contribution is -2.40. The van der Waals surface area contributed by atoms with E-state index in [1.807, 2.05) is 55.5 Å². The highest BCUT2D eigenvalue weighted by molar-refractivity contribution is 5.89. The molecule has 2 atom stereocenters. The summed E-state index contributed by atoms with van der Waals surface area (Å²) < 4.78 is 7.34. The topological polar surface area (TPSA) is 81.1 Å². The van der Waals surface area contributed by atoms with Crippen molar-refractivity contribution in [3.8, 4) is 11.4 Å². The molecule has 1 aromatic heterocycles. The molecule has 2 N–H and O–H groups in total. The summed E-state index contributed by atoms with van der Waals surface area (Å²) in [4.78, 5) is 12.4. The molecule has 1 aliphatic heterocycles. The number of carbonyl (C=O) groups excluding carboxylic acids is 1. The van der Waals surface area contributed by atoms with Gasteiger partial charge in [-0.3, -0.25) is 0 Å². The van der Waals surface area contributed by atoms with Crippen LogP contribution in [0.15, 0.2) is 60.9 Å². The number of hydrogen-bond acceptors (Lipinski definition) is 4. The summed E-state index contributed by atoms with van der Waals surface area (Å²) in [5, 5.41) is 13.6. The smallest absolute Gasteiger partial charge is 0.319 e. The Balaban J connectivity index is 1.41. The van der Waals surface area contributed by atoms with E-state index in [-0.39, 0.29) is 18.0 Å². The van der Waals surface area contributed by atoms with Gasteiger partial charge in [0.25, 0.3) is 0 Å². The zero-order valence-electron chi connectivity index (χ0n) is 14.3. The van der Waals surface area contributed by atoms with Crippen LogP contribution in [-0.4, -0.2) is 33.7 Å². The van der Waals surface area contributed by atoms with Gasteiger partial charge in [0.05, 0.1) is 24.7 Å². The van der Waals surface area contributed by atoms with E-state index in [9.17, 15) is 4.79 Å². The molecule has 0 unspecified atom stereocenters. The number of amides is 2. The number of urea groups is 1. The zero-order valence-corrected chi connectivity index (χ0v) is 14.3. The molecule has 4 rings (SSSR count). The fourth-order valence-corrected chi connectivity index (χ4v) is 3.15. The Labute approximate surface area is 151 Å². The quantitative estimate of drug-likeness (QED) is 0.759. The molecule has 3 aromatic rings. The van der Waals surface area contributed by atoms with Crippen LogP contribution >= 0.6 is 0 Å². The molecule has 0 aliphatic carbocycles. The minimum absolute atomic E-state index is 0.0582. The van der Waals surface area contributed by atoms with Crippen molar-refractivity contribution < 1.29 is 9.53 Å². The number of anilines is 1. The second kappa shape index (κ2) is 6.87. The highest BCUT2D eigenvalue weighted by atomic mass is 16.5. The zero-order chi connectivity index (χ0) is 17.9. The summed E-state index contributed by atoms with van der Waals surface area (Å²) in [7, 11) is 0. The summed E-state index contributed by atoms with van der Waals surface area (Å²) in [5.74, 6) is 1.03. The molecule has 2 amide bonds. The Morgan fingerprint density at radius 2 is 2.15 bits per heavy atom. The molecule has 7 heteroatoms. The molecule has 0 bridgehead atoms. The summed E-state index contributed by atoms with van der Waals surface area (Å²) in [6.07, 6.45) is 3.36. The van der Waals surface area contributed by atoms with Crippen LogP contribution in [0.25, 0.3) is 5.69 Å². The molecule has 7 nitrogen and oxygen atoms in total. The normalized spacial score (nSPS) is 16.4. The number of nitrogens with one attached hydrogen (secondary N) is 2. The van der Waals surface area contributed by atoms with E-state index in [4.69, 9.17) is 4.74 Å². The predicted molar refractivity (Wildman–Crippen MR) is 97.7 cm³/mol. The summed E-state index contributed by atoms with van der Waals surface area (Å²) in [5.41, 5.74) is 2.64. The van der Waals surface area contributed by atoms with Gasteiger partial charge in [-0.15, -0.1) is 5.10 Å². The van der Waals surface area contributed by atoms with Crippen molar-refractivity contribution in [2.45, 2.75) is 18.9 Å². The first-order chi connectivity index (χ1) is 12.7. The van der Waals surface area contributed by atoms with E-state index in [1.54, 1.807) is 17.1 Å². The number of carbonyl (C=O) groups is 1. The molecular formula is C19H19N5O2. The maximum atomic E-state index is 12.4. The first-order valence-corrected chi connectivity index (χ1v) is 8.47. The van der Waals surface area contributed by atoms with Gasteiger partial charge in [-0.25, -0.2) is 9.48 Å². The van der Waals surface area contributed by atoms with E-state index < -0.39 is 0 Å². The molecule has 26 heavy (non-hydrogen) atoms. The molecule has 0 spiro atoms. The number of nitrogens with zero attached hydrogens (tertiary/aromatic N) is 3. The Morgan fingerprint density at radius 3 is 3.00 bits per heavy atom. The van der Waals surface area contributed by atoms with Gasteiger partial charge < -0.3 is 15.4 Å². The maximum Gasteiger partial charge on any atom is 0.319 e. The molecular weight excluding hydrogens is 330 g/mol. The van der Waals surface area contributed by atoms with Crippen LogP contribution in [0.3, 0.4) is 0 Å². The third-order valence-electron chi connectivity index (χ3n) is 4.49. The van der Waals surface area contributed by atoms with Gasteiger partial charge >= 0.3 is 6.03 Å².